The highest BCUT2D eigenvalue weighted by Gasteiger charge is 2.29. The van der Waals surface area contributed by atoms with E-state index >= 15 is 0 Å². The number of para-hydroxylation sites is 1. The Morgan fingerprint density at radius 1 is 1.14 bits per heavy atom. The topological polar surface area (TPSA) is 95.3 Å². The van der Waals surface area contributed by atoms with Gasteiger partial charge in [-0.3, -0.25) is 9.59 Å². The number of benzene rings is 1. The van der Waals surface area contributed by atoms with E-state index < -0.39 is 5.97 Å². The summed E-state index contributed by atoms with van der Waals surface area (Å²) in [7, 11) is 1.53. The zero-order chi connectivity index (χ0) is 20.8. The molecule has 3 rings (SSSR count). The fraction of sp³-hybridized carbons (Fsp3) is 0.476. The number of hydrogen-bond acceptors (Lipinski definition) is 7. The molecule has 2 heterocycles. The van der Waals surface area contributed by atoms with Crippen LogP contribution in [0.4, 0.5) is 0 Å². The van der Waals surface area contributed by atoms with Crippen LogP contribution in [0.1, 0.15) is 35.9 Å². The van der Waals surface area contributed by atoms with E-state index in [4.69, 9.17) is 18.6 Å². The second-order valence-electron chi connectivity index (χ2n) is 6.82. The third-order valence-corrected chi connectivity index (χ3v) is 4.97. The molecule has 1 fully saturated rings. The minimum Gasteiger partial charge on any atom is -0.466 e. The van der Waals surface area contributed by atoms with Gasteiger partial charge in [0.2, 0.25) is 5.76 Å². The Labute approximate surface area is 168 Å². The molecule has 0 N–H and O–H groups in total. The Balaban J connectivity index is 1.57. The molecule has 2 aromatic rings. The van der Waals surface area contributed by atoms with E-state index in [-0.39, 0.29) is 36.8 Å². The maximum atomic E-state index is 12.5. The molecular weight excluding hydrogens is 378 g/mol. The lowest BCUT2D eigenvalue weighted by Gasteiger charge is -2.30. The van der Waals surface area contributed by atoms with Crippen LogP contribution in [0.3, 0.4) is 0 Å². The number of furan rings is 1. The van der Waals surface area contributed by atoms with Crippen molar-refractivity contribution < 1.29 is 33.0 Å². The highest BCUT2D eigenvalue weighted by atomic mass is 16.5. The predicted octanol–water partition coefficient (Wildman–Crippen LogP) is 2.54. The van der Waals surface area contributed by atoms with Gasteiger partial charge >= 0.3 is 11.9 Å². The molecule has 1 amide bonds. The van der Waals surface area contributed by atoms with Gasteiger partial charge in [-0.1, -0.05) is 18.2 Å². The Hall–Kier alpha value is -2.87. The smallest absolute Gasteiger partial charge is 0.375 e. The number of rotatable bonds is 7. The highest BCUT2D eigenvalue weighted by molar-refractivity contribution is 5.96. The number of ether oxygens (including phenoxy) is 3. The largest absolute Gasteiger partial charge is 0.466 e. The number of carbonyl (C=O) groups excluding carboxylic acids is 3. The number of carbonyl (C=O) groups is 3. The van der Waals surface area contributed by atoms with Crippen molar-refractivity contribution in [1.82, 2.24) is 4.90 Å². The van der Waals surface area contributed by atoms with Gasteiger partial charge in [0, 0.05) is 31.1 Å². The second kappa shape index (κ2) is 9.56. The molecule has 0 bridgehead atoms. The molecule has 0 radical (unpaired) electrons. The Bertz CT molecular complexity index is 880. The number of nitrogens with zero attached hydrogens (tertiary/aromatic N) is 1. The molecule has 0 spiro atoms. The van der Waals surface area contributed by atoms with Crippen LogP contribution in [0.2, 0.25) is 0 Å². The van der Waals surface area contributed by atoms with Gasteiger partial charge in [0.25, 0.3) is 5.91 Å². The standard InChI is InChI=1S/C21H25NO7/c1-3-27-20(24)14-8-10-22(11-9-14)18(23)13-28-21(25)19-16(12-26-2)15-6-4-5-7-17(15)29-19/h4-7,14H,3,8-13H2,1-2H3. The number of fused-ring (bicyclic) bond motifs is 1. The maximum absolute atomic E-state index is 12.5. The maximum Gasteiger partial charge on any atom is 0.375 e. The van der Waals surface area contributed by atoms with Crippen LogP contribution in [0.25, 0.3) is 11.0 Å². The fourth-order valence-electron chi connectivity index (χ4n) is 3.46. The lowest BCUT2D eigenvalue weighted by atomic mass is 9.97. The number of amides is 1. The van der Waals surface area contributed by atoms with Crippen molar-refractivity contribution in [3.05, 3.63) is 35.6 Å². The van der Waals surface area contributed by atoms with E-state index in [1.807, 2.05) is 12.1 Å². The lowest BCUT2D eigenvalue weighted by Crippen LogP contribution is -2.42. The van der Waals surface area contributed by atoms with E-state index in [2.05, 4.69) is 0 Å². The first-order valence-corrected chi connectivity index (χ1v) is 9.66. The van der Waals surface area contributed by atoms with Crippen molar-refractivity contribution in [2.24, 2.45) is 5.92 Å². The van der Waals surface area contributed by atoms with E-state index in [9.17, 15) is 14.4 Å². The zero-order valence-electron chi connectivity index (χ0n) is 16.6. The lowest BCUT2D eigenvalue weighted by molar-refractivity contribution is -0.151. The van der Waals surface area contributed by atoms with Crippen LogP contribution in [-0.2, 0) is 30.4 Å². The molecule has 8 nitrogen and oxygen atoms in total. The van der Waals surface area contributed by atoms with Crippen LogP contribution < -0.4 is 0 Å². The summed E-state index contributed by atoms with van der Waals surface area (Å²) >= 11 is 0. The monoisotopic (exact) mass is 403 g/mol. The number of likely N-dealkylation sites (tertiary alicyclic amines) is 1. The van der Waals surface area contributed by atoms with E-state index in [0.29, 0.717) is 43.7 Å². The van der Waals surface area contributed by atoms with Crippen LogP contribution >= 0.6 is 0 Å². The number of hydrogen-bond donors (Lipinski definition) is 0. The van der Waals surface area contributed by atoms with Gasteiger partial charge in [-0.2, -0.15) is 0 Å². The normalized spacial score (nSPS) is 14.8. The molecule has 156 valence electrons. The van der Waals surface area contributed by atoms with Crippen LogP contribution in [0, 0.1) is 5.92 Å². The first-order chi connectivity index (χ1) is 14.0. The summed E-state index contributed by atoms with van der Waals surface area (Å²) in [4.78, 5) is 38.3. The van der Waals surface area contributed by atoms with E-state index in [1.54, 1.807) is 24.0 Å². The van der Waals surface area contributed by atoms with Gasteiger partial charge in [0.05, 0.1) is 19.1 Å². The predicted molar refractivity (Wildman–Crippen MR) is 103 cm³/mol. The van der Waals surface area contributed by atoms with Crippen molar-refractivity contribution in [1.29, 1.82) is 0 Å². The molecule has 29 heavy (non-hydrogen) atoms. The summed E-state index contributed by atoms with van der Waals surface area (Å²) in [5.41, 5.74) is 1.15. The highest BCUT2D eigenvalue weighted by Crippen LogP contribution is 2.27. The molecule has 1 saturated heterocycles. The summed E-state index contributed by atoms with van der Waals surface area (Å²) < 4.78 is 21.0. The van der Waals surface area contributed by atoms with Crippen molar-refractivity contribution in [2.75, 3.05) is 33.4 Å². The summed E-state index contributed by atoms with van der Waals surface area (Å²) in [6.45, 7) is 2.79. The summed E-state index contributed by atoms with van der Waals surface area (Å²) in [6.07, 6.45) is 1.08. The van der Waals surface area contributed by atoms with Crippen molar-refractivity contribution >= 4 is 28.8 Å². The van der Waals surface area contributed by atoms with Gasteiger partial charge in [-0.05, 0) is 25.8 Å². The van der Waals surface area contributed by atoms with Crippen LogP contribution in [-0.4, -0.2) is 56.2 Å². The molecule has 1 aliphatic heterocycles. The van der Waals surface area contributed by atoms with Crippen molar-refractivity contribution in [3.8, 4) is 0 Å². The van der Waals surface area contributed by atoms with Crippen molar-refractivity contribution in [3.63, 3.8) is 0 Å². The quantitative estimate of drug-likeness (QED) is 0.656. The van der Waals surface area contributed by atoms with Gasteiger partial charge < -0.3 is 23.5 Å². The van der Waals surface area contributed by atoms with Crippen LogP contribution in [0.5, 0.6) is 0 Å². The molecule has 1 aliphatic rings. The van der Waals surface area contributed by atoms with E-state index in [1.165, 1.54) is 7.11 Å². The minimum atomic E-state index is -0.706. The number of methoxy groups -OCH3 is 1. The number of piperidine rings is 1. The average molecular weight is 403 g/mol. The Morgan fingerprint density at radius 2 is 1.86 bits per heavy atom. The zero-order valence-corrected chi connectivity index (χ0v) is 16.6. The molecule has 0 unspecified atom stereocenters. The Kier molecular flexibility index (Phi) is 6.87. The van der Waals surface area contributed by atoms with Gasteiger partial charge in [-0.15, -0.1) is 0 Å². The molecular formula is C21H25NO7. The molecule has 8 heteroatoms. The summed E-state index contributed by atoms with van der Waals surface area (Å²) in [6, 6.07) is 7.24. The van der Waals surface area contributed by atoms with E-state index in [0.717, 1.165) is 5.39 Å². The van der Waals surface area contributed by atoms with Gasteiger partial charge in [0.15, 0.2) is 6.61 Å². The van der Waals surface area contributed by atoms with Gasteiger partial charge in [-0.25, -0.2) is 4.79 Å². The van der Waals surface area contributed by atoms with Gasteiger partial charge in [0.1, 0.15) is 5.58 Å². The SMILES string of the molecule is CCOC(=O)C1CCN(C(=O)COC(=O)c2oc3ccccc3c2COC)CC1. The molecule has 0 atom stereocenters. The second-order valence-corrected chi connectivity index (χ2v) is 6.82. The average Bonchev–Trinajstić information content (AvgIpc) is 3.11. The molecule has 1 aromatic heterocycles. The first-order valence-electron chi connectivity index (χ1n) is 9.66. The third kappa shape index (κ3) is 4.76. The third-order valence-electron chi connectivity index (χ3n) is 4.97. The fourth-order valence-corrected chi connectivity index (χ4v) is 3.46. The minimum absolute atomic E-state index is 0.0434. The number of esters is 2. The summed E-state index contributed by atoms with van der Waals surface area (Å²) in [5, 5.41) is 0.772. The molecule has 1 aromatic carbocycles. The van der Waals surface area contributed by atoms with Crippen molar-refractivity contribution in [2.45, 2.75) is 26.4 Å². The molecule has 0 saturated carbocycles. The molecule has 0 aliphatic carbocycles. The summed E-state index contributed by atoms with van der Waals surface area (Å²) in [5.74, 6) is -1.37. The van der Waals surface area contributed by atoms with Crippen LogP contribution in [0.15, 0.2) is 28.7 Å². The first kappa shape index (κ1) is 20.9. The Morgan fingerprint density at radius 3 is 2.55 bits per heavy atom.